The molecular weight excluding hydrogens is 1470 g/mol. The first-order chi connectivity index (χ1) is 53.7. The molecule has 1 aliphatic heterocycles. The van der Waals surface area contributed by atoms with Crippen molar-refractivity contribution >= 4 is 116 Å². The first-order valence-electron chi connectivity index (χ1n) is 37.5. The van der Waals surface area contributed by atoms with E-state index in [9.17, 15) is 62.6 Å². The van der Waals surface area contributed by atoms with Crippen molar-refractivity contribution in [1.82, 2.24) is 68.0 Å². The number of hydrogen-bond acceptors (Lipinski definition) is 17. The minimum atomic E-state index is -2.15. The number of aromatic nitrogens is 1. The Morgan fingerprint density at radius 2 is 1.03 bits per heavy atom. The smallest absolute Gasteiger partial charge is 0.264 e. The first-order valence-corrected chi connectivity index (χ1v) is 37.9. The maximum absolute atomic E-state index is 15.5. The molecule has 0 bridgehead atoms. The van der Waals surface area contributed by atoms with Crippen LogP contribution < -0.4 is 69.5 Å². The van der Waals surface area contributed by atoms with E-state index in [1.807, 2.05) is 56.3 Å². The molecule has 1 aliphatic rings. The number of primary amides is 1. The minimum absolute atomic E-state index is 0.00586. The van der Waals surface area contributed by atoms with Crippen LogP contribution in [-0.2, 0) is 88.0 Å². The summed E-state index contributed by atoms with van der Waals surface area (Å²) in [6, 6.07) is 21.8. The van der Waals surface area contributed by atoms with E-state index in [1.54, 1.807) is 62.4 Å². The number of benzene rings is 5. The Bertz CT molecular complexity index is 4340. The first kappa shape index (κ1) is 88.5. The third-order valence-electron chi connectivity index (χ3n) is 18.6. The van der Waals surface area contributed by atoms with E-state index in [0.717, 1.165) is 22.7 Å². The Hall–Kier alpha value is -11.7. The van der Waals surface area contributed by atoms with Crippen LogP contribution in [0, 0.1) is 5.92 Å². The number of carbonyl (C=O) groups excluding carboxylic acids is 14. The molecule has 10 atom stereocenters. The fourth-order valence-corrected chi connectivity index (χ4v) is 12.9. The highest BCUT2D eigenvalue weighted by Gasteiger charge is 2.41. The standard InChI is InChI=1S/C81H103ClN16O15/c1-46(2)38-63(72(104)90-62(19-12-13-36-85-47(3)4)81(113)98-37-15-20-69(98)78(110)86-48(5)70(83)103)91-75(107)66(41-53-24-31-60(32-25-53)87-49(6)100)94-79(111)71(97(9)80(112)57-27-33-61(34-28-57)88-50(7)101)96-77(109)68(45-99)95-76(108)67(43-55-16-14-35-84-44-55)93-74(106)65(40-52-22-29-59(82)30-23-52)92-73(105)64(89-51(8)102)42-54-21-26-56-17-10-11-18-58(56)39-54/h10-11,14,16-18,21-35,39,44,46-48,62-69,71,85,99H,12-13,15,19-20,36-38,40-43,45H2,1-9H3,(H2,83,103)(H,86,110)(H,87,100)(H,88,101)(H,89,102)(H,90,104)(H,91,107)(H,92,105)(H,93,106)(H,94,111)(H,95,108)(H,96,109)/t48-,62+,63+,64-,65-,66-,67-,68+,69-,71-/m1/s1. The van der Waals surface area contributed by atoms with Crippen molar-refractivity contribution in [3.05, 3.63) is 173 Å². The number of nitrogens with zero attached hydrogens (tertiary/aromatic N) is 3. The summed E-state index contributed by atoms with van der Waals surface area (Å²) in [7, 11) is 1.14. The van der Waals surface area contributed by atoms with Crippen molar-refractivity contribution in [2.75, 3.05) is 37.4 Å². The number of hydrogen-bond donors (Lipinski definition) is 14. The van der Waals surface area contributed by atoms with Crippen molar-refractivity contribution in [2.24, 2.45) is 11.7 Å². The number of halogens is 1. The fraction of sp³-hybridized carbons (Fsp3) is 0.420. The lowest BCUT2D eigenvalue weighted by Crippen LogP contribution is -2.64. The summed E-state index contributed by atoms with van der Waals surface area (Å²) >= 11 is 6.26. The summed E-state index contributed by atoms with van der Waals surface area (Å²) in [6.45, 7) is 12.3. The van der Waals surface area contributed by atoms with Gasteiger partial charge in [-0.1, -0.05) is 112 Å². The summed E-state index contributed by atoms with van der Waals surface area (Å²) in [4.78, 5) is 203. The topological polar surface area (TPSA) is 449 Å². The number of rotatable bonds is 40. The highest BCUT2D eigenvalue weighted by Crippen LogP contribution is 2.23. The van der Waals surface area contributed by atoms with Crippen LogP contribution in [0.3, 0.4) is 0 Å². The number of aliphatic hydroxyl groups excluding tert-OH is 1. The molecular formula is C81H103ClN16O15. The van der Waals surface area contributed by atoms with Crippen molar-refractivity contribution in [2.45, 2.75) is 186 Å². The number of anilines is 2. The predicted octanol–water partition coefficient (Wildman–Crippen LogP) is 2.89. The lowest BCUT2D eigenvalue weighted by molar-refractivity contribution is -0.142. The average molecular weight is 1580 g/mol. The second-order valence-corrected chi connectivity index (χ2v) is 29.2. The maximum Gasteiger partial charge on any atom is 0.264 e. The van der Waals surface area contributed by atoms with E-state index < -0.39 is 144 Å². The molecule has 0 radical (unpaired) electrons. The number of amides is 14. The van der Waals surface area contributed by atoms with Gasteiger partial charge in [-0.2, -0.15) is 0 Å². The van der Waals surface area contributed by atoms with Gasteiger partial charge in [-0.15, -0.1) is 0 Å². The van der Waals surface area contributed by atoms with E-state index in [-0.39, 0.29) is 74.9 Å². The van der Waals surface area contributed by atoms with E-state index in [2.05, 4.69) is 68.8 Å². The van der Waals surface area contributed by atoms with Gasteiger partial charge in [0.05, 0.1) is 6.61 Å². The fourth-order valence-electron chi connectivity index (χ4n) is 12.8. The Morgan fingerprint density at radius 3 is 1.57 bits per heavy atom. The van der Waals surface area contributed by atoms with Gasteiger partial charge in [0, 0.05) is 100 Å². The van der Waals surface area contributed by atoms with E-state index in [0.29, 0.717) is 64.5 Å². The second-order valence-electron chi connectivity index (χ2n) is 28.8. The highest BCUT2D eigenvalue weighted by atomic mass is 35.5. The van der Waals surface area contributed by atoms with Crippen LogP contribution >= 0.6 is 11.6 Å². The molecule has 1 fully saturated rings. The molecule has 15 N–H and O–H groups in total. The molecule has 0 unspecified atom stereocenters. The average Bonchev–Trinajstić information content (AvgIpc) is 1.62. The molecule has 32 heteroatoms. The molecule has 31 nitrogen and oxygen atoms in total. The normalized spacial score (nSPS) is 14.9. The zero-order chi connectivity index (χ0) is 82.6. The van der Waals surface area contributed by atoms with Gasteiger partial charge in [0.15, 0.2) is 6.17 Å². The Morgan fingerprint density at radius 1 is 0.531 bits per heavy atom. The quantitative estimate of drug-likeness (QED) is 0.0194. The van der Waals surface area contributed by atoms with Crippen LogP contribution in [0.15, 0.2) is 140 Å². The van der Waals surface area contributed by atoms with Crippen LogP contribution in [0.1, 0.15) is 127 Å². The van der Waals surface area contributed by atoms with Crippen LogP contribution in [0.2, 0.25) is 5.02 Å². The predicted molar refractivity (Wildman–Crippen MR) is 424 cm³/mol. The molecule has 0 saturated carbocycles. The van der Waals surface area contributed by atoms with Crippen LogP contribution in [0.4, 0.5) is 11.4 Å². The Kier molecular flexibility index (Phi) is 33.8. The van der Waals surface area contributed by atoms with Gasteiger partial charge in [-0.25, -0.2) is 0 Å². The van der Waals surface area contributed by atoms with Crippen molar-refractivity contribution in [1.29, 1.82) is 0 Å². The van der Waals surface area contributed by atoms with Gasteiger partial charge >= 0.3 is 0 Å². The maximum atomic E-state index is 15.5. The Balaban J connectivity index is 1.21. The number of aliphatic hydroxyl groups is 1. The Labute approximate surface area is 661 Å². The molecule has 6 aromatic rings. The molecule has 0 aliphatic carbocycles. The number of pyridine rings is 1. The molecule has 7 rings (SSSR count). The summed E-state index contributed by atoms with van der Waals surface area (Å²) in [5.74, 6) is -11.6. The monoisotopic (exact) mass is 1570 g/mol. The number of fused-ring (bicyclic) bond motifs is 1. The summed E-state index contributed by atoms with van der Waals surface area (Å²) < 4.78 is 0. The number of unbranched alkanes of at least 4 members (excludes halogenated alkanes) is 1. The highest BCUT2D eigenvalue weighted by molar-refractivity contribution is 6.30. The molecule has 14 amide bonds. The summed E-state index contributed by atoms with van der Waals surface area (Å²) in [5, 5.41) is 45.8. The van der Waals surface area contributed by atoms with Crippen LogP contribution in [-0.4, -0.2) is 196 Å². The largest absolute Gasteiger partial charge is 0.394 e. The lowest BCUT2D eigenvalue weighted by atomic mass is 9.99. The van der Waals surface area contributed by atoms with Gasteiger partial charge in [0.25, 0.3) is 11.8 Å². The molecule has 5 aromatic carbocycles. The molecule has 113 heavy (non-hydrogen) atoms. The molecule has 1 aromatic heterocycles. The third kappa shape index (κ3) is 27.9. The number of nitrogens with two attached hydrogens (primary N) is 1. The van der Waals surface area contributed by atoms with Gasteiger partial charge in [-0.3, -0.25) is 72.1 Å². The van der Waals surface area contributed by atoms with Gasteiger partial charge < -0.3 is 84.4 Å². The minimum Gasteiger partial charge on any atom is -0.394 e. The zero-order valence-electron chi connectivity index (χ0n) is 64.9. The summed E-state index contributed by atoms with van der Waals surface area (Å²) in [5.41, 5.74) is 8.01. The van der Waals surface area contributed by atoms with Crippen LogP contribution in [0.5, 0.6) is 0 Å². The van der Waals surface area contributed by atoms with Gasteiger partial charge in [0.2, 0.25) is 70.9 Å². The number of carbonyl (C=O) groups is 14. The molecule has 2 heterocycles. The van der Waals surface area contributed by atoms with E-state index >= 15 is 9.59 Å². The number of likely N-dealkylation sites (tertiary alicyclic amines) is 1. The van der Waals surface area contributed by atoms with Crippen molar-refractivity contribution in [3.63, 3.8) is 0 Å². The van der Waals surface area contributed by atoms with E-state index in [1.165, 1.54) is 81.4 Å². The summed E-state index contributed by atoms with van der Waals surface area (Å²) in [6.07, 6.45) is 1.67. The number of likely N-dealkylation sites (N-methyl/N-ethyl adjacent to an activating group) is 1. The number of nitrogens with one attached hydrogen (secondary N) is 12. The zero-order valence-corrected chi connectivity index (χ0v) is 65.6. The van der Waals surface area contributed by atoms with Crippen molar-refractivity contribution in [3.8, 4) is 0 Å². The second kappa shape index (κ2) is 43.2. The van der Waals surface area contributed by atoms with Crippen LogP contribution in [0.25, 0.3) is 10.8 Å². The SMILES string of the molecule is CC(=O)Nc1ccc(C[C@@H](NC(=O)[C@H](NC(=O)[C@H](CO)NC(=O)[C@@H](Cc2cccnc2)NC(=O)[C@@H](Cc2ccc(Cl)cc2)NC(=O)[C@@H](Cc2ccc3ccccc3c2)NC(C)=O)N(C)C(=O)c2ccc(NC(C)=O)cc2)C(=O)N[C@@H](CC(C)C)C(=O)N[C@@H](CCCCNC(C)C)C(=O)N2CCC[C@@H]2C(=O)N[C@H](C)C(N)=O)cc1. The third-order valence-corrected chi connectivity index (χ3v) is 18.9. The molecule has 1 saturated heterocycles. The lowest BCUT2D eigenvalue weighted by Gasteiger charge is -2.32. The van der Waals surface area contributed by atoms with Gasteiger partial charge in [-0.05, 0) is 146 Å². The van der Waals surface area contributed by atoms with E-state index in [4.69, 9.17) is 17.3 Å². The van der Waals surface area contributed by atoms with Crippen molar-refractivity contribution < 1.29 is 72.2 Å². The molecule has 604 valence electrons. The van der Waals surface area contributed by atoms with Gasteiger partial charge in [0.1, 0.15) is 54.4 Å². The molecule has 0 spiro atoms.